The molecule has 1 aromatic carbocycles. The molecule has 1 aliphatic heterocycles. The highest BCUT2D eigenvalue weighted by Gasteiger charge is 2.24. The predicted molar refractivity (Wildman–Crippen MR) is 70.9 cm³/mol. The number of ether oxygens (including phenoxy) is 1. The summed E-state index contributed by atoms with van der Waals surface area (Å²) in [5.74, 6) is 0.325. The second kappa shape index (κ2) is 5.87. The zero-order valence-electron chi connectivity index (χ0n) is 10.8. The van der Waals surface area contributed by atoms with Crippen LogP contribution in [-0.2, 0) is 16.1 Å². The zero-order valence-corrected chi connectivity index (χ0v) is 10.8. The van der Waals surface area contributed by atoms with Crippen LogP contribution < -0.4 is 5.73 Å². The molecule has 0 radical (unpaired) electrons. The molecule has 0 spiro atoms. The van der Waals surface area contributed by atoms with Gasteiger partial charge in [0, 0.05) is 38.4 Å². The van der Waals surface area contributed by atoms with Gasteiger partial charge < -0.3 is 15.4 Å². The first-order chi connectivity index (χ1) is 8.66. The Labute approximate surface area is 108 Å². The Hall–Kier alpha value is -1.55. The van der Waals surface area contributed by atoms with E-state index in [1.807, 2.05) is 31.3 Å². The third-order valence-corrected chi connectivity index (χ3v) is 3.32. The van der Waals surface area contributed by atoms with Crippen molar-refractivity contribution in [3.63, 3.8) is 0 Å². The van der Waals surface area contributed by atoms with Crippen LogP contribution in [0.5, 0.6) is 0 Å². The van der Waals surface area contributed by atoms with Gasteiger partial charge in [0.2, 0.25) is 5.91 Å². The van der Waals surface area contributed by atoms with E-state index in [4.69, 9.17) is 10.5 Å². The van der Waals surface area contributed by atoms with Crippen molar-refractivity contribution in [3.8, 4) is 0 Å². The van der Waals surface area contributed by atoms with Crippen LogP contribution in [0.1, 0.15) is 18.4 Å². The van der Waals surface area contributed by atoms with Crippen molar-refractivity contribution in [2.45, 2.75) is 19.4 Å². The normalized spacial score (nSPS) is 16.5. The van der Waals surface area contributed by atoms with E-state index in [-0.39, 0.29) is 11.8 Å². The molecule has 1 saturated heterocycles. The molecule has 0 aliphatic carbocycles. The summed E-state index contributed by atoms with van der Waals surface area (Å²) in [6.45, 7) is 2.01. The first kappa shape index (κ1) is 12.9. The summed E-state index contributed by atoms with van der Waals surface area (Å²) in [6.07, 6.45) is 1.67. The standard InChI is InChI=1S/C14H20N2O2/c1-16(10-11-3-2-4-13(15)9-11)14(17)12-5-7-18-8-6-12/h2-4,9,12H,5-8,10,15H2,1H3. The number of anilines is 1. The van der Waals surface area contributed by atoms with Gasteiger partial charge in [0.15, 0.2) is 0 Å². The fraction of sp³-hybridized carbons (Fsp3) is 0.500. The van der Waals surface area contributed by atoms with Gasteiger partial charge in [0.05, 0.1) is 0 Å². The lowest BCUT2D eigenvalue weighted by atomic mass is 9.98. The highest BCUT2D eigenvalue weighted by molar-refractivity contribution is 5.78. The van der Waals surface area contributed by atoms with E-state index in [0.29, 0.717) is 19.8 Å². The minimum atomic E-state index is 0.116. The lowest BCUT2D eigenvalue weighted by molar-refractivity contribution is -0.137. The van der Waals surface area contributed by atoms with E-state index < -0.39 is 0 Å². The van der Waals surface area contributed by atoms with Crippen LogP contribution in [0.3, 0.4) is 0 Å². The molecule has 18 heavy (non-hydrogen) atoms. The smallest absolute Gasteiger partial charge is 0.225 e. The maximum Gasteiger partial charge on any atom is 0.225 e. The second-order valence-electron chi connectivity index (χ2n) is 4.83. The fourth-order valence-corrected chi connectivity index (χ4v) is 2.30. The zero-order chi connectivity index (χ0) is 13.0. The number of nitrogens with two attached hydrogens (primary N) is 1. The Balaban J connectivity index is 1.94. The van der Waals surface area contributed by atoms with Crippen molar-refractivity contribution in [3.05, 3.63) is 29.8 Å². The molecule has 0 aromatic heterocycles. The monoisotopic (exact) mass is 248 g/mol. The van der Waals surface area contributed by atoms with Gasteiger partial charge in [-0.25, -0.2) is 0 Å². The summed E-state index contributed by atoms with van der Waals surface area (Å²) in [5.41, 5.74) is 7.54. The molecule has 0 saturated carbocycles. The Bertz CT molecular complexity index is 414. The Kier molecular flexibility index (Phi) is 4.20. The van der Waals surface area contributed by atoms with E-state index in [1.165, 1.54) is 0 Å². The largest absolute Gasteiger partial charge is 0.399 e. The highest BCUT2D eigenvalue weighted by atomic mass is 16.5. The molecule has 1 amide bonds. The molecule has 1 heterocycles. The van der Waals surface area contributed by atoms with Crippen LogP contribution in [-0.4, -0.2) is 31.1 Å². The third kappa shape index (κ3) is 3.23. The highest BCUT2D eigenvalue weighted by Crippen LogP contribution is 2.18. The van der Waals surface area contributed by atoms with E-state index in [2.05, 4.69) is 0 Å². The molecule has 2 N–H and O–H groups in total. The Morgan fingerprint density at radius 1 is 1.44 bits per heavy atom. The summed E-state index contributed by atoms with van der Waals surface area (Å²) in [6, 6.07) is 7.67. The lowest BCUT2D eigenvalue weighted by Crippen LogP contribution is -2.35. The van der Waals surface area contributed by atoms with Crippen molar-refractivity contribution >= 4 is 11.6 Å². The third-order valence-electron chi connectivity index (χ3n) is 3.32. The van der Waals surface area contributed by atoms with Crippen LogP contribution in [0.15, 0.2) is 24.3 Å². The molecule has 4 nitrogen and oxygen atoms in total. The van der Waals surface area contributed by atoms with Crippen molar-refractivity contribution in [2.24, 2.45) is 5.92 Å². The second-order valence-corrected chi connectivity index (χ2v) is 4.83. The van der Waals surface area contributed by atoms with Crippen molar-refractivity contribution in [1.82, 2.24) is 4.90 Å². The molecule has 0 atom stereocenters. The maximum absolute atomic E-state index is 12.2. The molecule has 4 heteroatoms. The first-order valence-electron chi connectivity index (χ1n) is 6.34. The molecule has 1 aliphatic rings. The van der Waals surface area contributed by atoms with Crippen molar-refractivity contribution in [2.75, 3.05) is 26.0 Å². The first-order valence-corrected chi connectivity index (χ1v) is 6.34. The quantitative estimate of drug-likeness (QED) is 0.828. The SMILES string of the molecule is CN(Cc1cccc(N)c1)C(=O)C1CCOCC1. The van der Waals surface area contributed by atoms with Gasteiger partial charge in [0.1, 0.15) is 0 Å². The minimum Gasteiger partial charge on any atom is -0.399 e. The number of hydrogen-bond donors (Lipinski definition) is 1. The van der Waals surface area contributed by atoms with Gasteiger partial charge in [-0.3, -0.25) is 4.79 Å². The average Bonchev–Trinajstić information content (AvgIpc) is 2.39. The molecular weight excluding hydrogens is 228 g/mol. The number of amides is 1. The van der Waals surface area contributed by atoms with Gasteiger partial charge in [-0.15, -0.1) is 0 Å². The van der Waals surface area contributed by atoms with Gasteiger partial charge >= 0.3 is 0 Å². The summed E-state index contributed by atoms with van der Waals surface area (Å²) in [5, 5.41) is 0. The number of nitrogen functional groups attached to an aromatic ring is 1. The van der Waals surface area contributed by atoms with E-state index in [0.717, 1.165) is 24.1 Å². The number of carbonyl (C=O) groups is 1. The Morgan fingerprint density at radius 3 is 2.83 bits per heavy atom. The van der Waals surface area contributed by atoms with Crippen LogP contribution in [0.4, 0.5) is 5.69 Å². The van der Waals surface area contributed by atoms with E-state index >= 15 is 0 Å². The molecule has 0 bridgehead atoms. The summed E-state index contributed by atoms with van der Waals surface area (Å²) in [4.78, 5) is 14.0. The van der Waals surface area contributed by atoms with Gasteiger partial charge in [-0.1, -0.05) is 12.1 Å². The number of carbonyl (C=O) groups excluding carboxylic acids is 1. The summed E-state index contributed by atoms with van der Waals surface area (Å²) in [7, 11) is 1.85. The maximum atomic E-state index is 12.2. The number of rotatable bonds is 3. The van der Waals surface area contributed by atoms with E-state index in [9.17, 15) is 4.79 Å². The Morgan fingerprint density at radius 2 is 2.17 bits per heavy atom. The fourth-order valence-electron chi connectivity index (χ4n) is 2.30. The van der Waals surface area contributed by atoms with Gasteiger partial charge in [-0.05, 0) is 30.5 Å². The van der Waals surface area contributed by atoms with Gasteiger partial charge in [0.25, 0.3) is 0 Å². The van der Waals surface area contributed by atoms with Crippen molar-refractivity contribution in [1.29, 1.82) is 0 Å². The molecule has 0 unspecified atom stereocenters. The number of benzene rings is 1. The van der Waals surface area contributed by atoms with Crippen molar-refractivity contribution < 1.29 is 9.53 Å². The van der Waals surface area contributed by atoms with Crippen LogP contribution in [0, 0.1) is 5.92 Å². The summed E-state index contributed by atoms with van der Waals surface area (Å²) >= 11 is 0. The molecule has 98 valence electrons. The number of hydrogen-bond acceptors (Lipinski definition) is 3. The molecule has 1 fully saturated rings. The molecule has 1 aromatic rings. The topological polar surface area (TPSA) is 55.6 Å². The molecular formula is C14H20N2O2. The lowest BCUT2D eigenvalue weighted by Gasteiger charge is -2.26. The van der Waals surface area contributed by atoms with Crippen LogP contribution in [0.25, 0.3) is 0 Å². The minimum absolute atomic E-state index is 0.116. The number of nitrogens with zero attached hydrogens (tertiary/aromatic N) is 1. The van der Waals surface area contributed by atoms with Gasteiger partial charge in [-0.2, -0.15) is 0 Å². The van der Waals surface area contributed by atoms with Crippen LogP contribution >= 0.6 is 0 Å². The van der Waals surface area contributed by atoms with Crippen LogP contribution in [0.2, 0.25) is 0 Å². The molecule has 2 rings (SSSR count). The summed E-state index contributed by atoms with van der Waals surface area (Å²) < 4.78 is 5.28. The average molecular weight is 248 g/mol. The van der Waals surface area contributed by atoms with E-state index in [1.54, 1.807) is 4.90 Å². The predicted octanol–water partition coefficient (Wildman–Crippen LogP) is 1.65.